The number of benzene rings is 2. The molecule has 0 fully saturated rings. The van der Waals surface area contributed by atoms with Crippen molar-refractivity contribution in [3.63, 3.8) is 0 Å². The van der Waals surface area contributed by atoms with Gasteiger partial charge in [0.15, 0.2) is 4.90 Å². The topological polar surface area (TPSA) is 105 Å². The normalized spacial score (nSPS) is 10.9. The van der Waals surface area contributed by atoms with E-state index in [0.717, 1.165) is 12.1 Å². The van der Waals surface area contributed by atoms with E-state index in [1.54, 1.807) is 6.07 Å². The van der Waals surface area contributed by atoms with Crippen LogP contribution in [0.5, 0.6) is 17.2 Å². The number of rotatable bonds is 6. The molecule has 23 heavy (non-hydrogen) atoms. The van der Waals surface area contributed by atoms with E-state index in [4.69, 9.17) is 13.7 Å². The van der Waals surface area contributed by atoms with Crippen LogP contribution < -0.4 is 13.7 Å². The number of nitro benzene ring substituents is 1. The number of non-ortho nitro benzene ring substituents is 1. The molecule has 9 heteroatoms. The van der Waals surface area contributed by atoms with Gasteiger partial charge < -0.3 is 13.7 Å². The number of ether oxygens (including phenoxy) is 2. The number of nitro groups is 1. The van der Waals surface area contributed by atoms with Crippen LogP contribution in [0.1, 0.15) is 0 Å². The summed E-state index contributed by atoms with van der Waals surface area (Å²) >= 11 is 0. The van der Waals surface area contributed by atoms with Crippen molar-refractivity contribution >= 4 is 15.8 Å². The molecule has 0 aromatic heterocycles. The summed E-state index contributed by atoms with van der Waals surface area (Å²) in [5.41, 5.74) is -0.172. The summed E-state index contributed by atoms with van der Waals surface area (Å²) in [6, 6.07) is 8.93. The Morgan fingerprint density at radius 1 is 0.957 bits per heavy atom. The predicted octanol–water partition coefficient (Wildman–Crippen LogP) is 2.38. The van der Waals surface area contributed by atoms with Gasteiger partial charge in [0.05, 0.1) is 19.1 Å². The van der Waals surface area contributed by atoms with E-state index in [1.807, 2.05) is 0 Å². The van der Waals surface area contributed by atoms with Crippen LogP contribution in [0.3, 0.4) is 0 Å². The largest absolute Gasteiger partial charge is 0.497 e. The van der Waals surface area contributed by atoms with Crippen molar-refractivity contribution in [3.05, 3.63) is 52.6 Å². The molecule has 0 aliphatic heterocycles. The highest BCUT2D eigenvalue weighted by atomic mass is 32.2. The van der Waals surface area contributed by atoms with Crippen molar-refractivity contribution in [1.82, 2.24) is 0 Å². The maximum absolute atomic E-state index is 12.4. The van der Waals surface area contributed by atoms with E-state index in [9.17, 15) is 18.5 Å². The fraction of sp³-hybridized carbons (Fsp3) is 0.143. The molecule has 0 spiro atoms. The van der Waals surface area contributed by atoms with Gasteiger partial charge in [0.25, 0.3) is 5.69 Å². The van der Waals surface area contributed by atoms with Gasteiger partial charge in [-0.1, -0.05) is 0 Å². The zero-order chi connectivity index (χ0) is 17.0. The Morgan fingerprint density at radius 3 is 2.09 bits per heavy atom. The molecule has 0 N–H and O–H groups in total. The van der Waals surface area contributed by atoms with Gasteiger partial charge in [-0.05, 0) is 24.3 Å². The first-order valence-corrected chi connectivity index (χ1v) is 7.69. The van der Waals surface area contributed by atoms with Crippen molar-refractivity contribution in [2.75, 3.05) is 14.2 Å². The molecular weight excluding hydrogens is 326 g/mol. The van der Waals surface area contributed by atoms with Crippen LogP contribution in [-0.4, -0.2) is 27.6 Å². The number of hydrogen-bond donors (Lipinski definition) is 0. The smallest absolute Gasteiger partial charge is 0.343 e. The molecule has 2 rings (SSSR count). The molecule has 122 valence electrons. The molecule has 2 aromatic rings. The summed E-state index contributed by atoms with van der Waals surface area (Å²) in [4.78, 5) is 9.78. The fourth-order valence-corrected chi connectivity index (χ4v) is 2.89. The Hall–Kier alpha value is -2.81. The lowest BCUT2D eigenvalue weighted by Gasteiger charge is -2.11. The highest BCUT2D eigenvalue weighted by Gasteiger charge is 2.23. The van der Waals surface area contributed by atoms with Crippen LogP contribution in [0.4, 0.5) is 5.69 Å². The summed E-state index contributed by atoms with van der Waals surface area (Å²) in [6.07, 6.45) is 0. The highest BCUT2D eigenvalue weighted by Crippen LogP contribution is 2.30. The summed E-state index contributed by atoms with van der Waals surface area (Å²) in [5.74, 6) is 0.352. The Bertz CT molecular complexity index is 816. The van der Waals surface area contributed by atoms with Crippen LogP contribution in [-0.2, 0) is 10.1 Å². The average molecular weight is 339 g/mol. The summed E-state index contributed by atoms with van der Waals surface area (Å²) in [6.45, 7) is 0. The van der Waals surface area contributed by atoms with Crippen LogP contribution in [0.25, 0.3) is 0 Å². The maximum Gasteiger partial charge on any atom is 0.343 e. The Balaban J connectivity index is 2.36. The van der Waals surface area contributed by atoms with E-state index in [1.165, 1.54) is 38.5 Å². The van der Waals surface area contributed by atoms with Crippen molar-refractivity contribution < 1.29 is 27.0 Å². The Kier molecular flexibility index (Phi) is 4.70. The first-order chi connectivity index (χ1) is 10.9. The van der Waals surface area contributed by atoms with Crippen LogP contribution in [0.15, 0.2) is 47.4 Å². The van der Waals surface area contributed by atoms with E-state index in [2.05, 4.69) is 0 Å². The van der Waals surface area contributed by atoms with Crippen LogP contribution in [0.2, 0.25) is 0 Å². The molecule has 8 nitrogen and oxygen atoms in total. The average Bonchev–Trinajstić information content (AvgIpc) is 2.54. The second-order valence-electron chi connectivity index (χ2n) is 4.31. The summed E-state index contributed by atoms with van der Waals surface area (Å²) < 4.78 is 39.7. The molecule has 0 aliphatic carbocycles. The lowest BCUT2D eigenvalue weighted by Crippen LogP contribution is -2.11. The van der Waals surface area contributed by atoms with Crippen LogP contribution >= 0.6 is 0 Å². The van der Waals surface area contributed by atoms with E-state index < -0.39 is 15.0 Å². The van der Waals surface area contributed by atoms with E-state index >= 15 is 0 Å². The molecule has 0 saturated carbocycles. The molecule has 0 atom stereocenters. The third kappa shape index (κ3) is 3.69. The lowest BCUT2D eigenvalue weighted by atomic mass is 10.3. The molecule has 0 aliphatic rings. The third-order valence-electron chi connectivity index (χ3n) is 2.89. The number of nitrogens with zero attached hydrogens (tertiary/aromatic N) is 1. The standard InChI is InChI=1S/C14H13NO7S/c1-20-12-7-8-13(21-2)14(9-12)23(18,19)22-11-5-3-10(4-6-11)15(16)17/h3-9H,1-2H3. The van der Waals surface area contributed by atoms with E-state index in [-0.39, 0.29) is 22.1 Å². The first-order valence-electron chi connectivity index (χ1n) is 6.28. The Labute approximate surface area is 132 Å². The first kappa shape index (κ1) is 16.6. The summed E-state index contributed by atoms with van der Waals surface area (Å²) in [7, 11) is -1.47. The van der Waals surface area contributed by atoms with Gasteiger partial charge in [-0.25, -0.2) is 0 Å². The minimum absolute atomic E-state index is 0.0551. The van der Waals surface area contributed by atoms with Gasteiger partial charge in [0.2, 0.25) is 0 Å². The zero-order valence-corrected chi connectivity index (χ0v) is 13.1. The van der Waals surface area contributed by atoms with Gasteiger partial charge >= 0.3 is 10.1 Å². The van der Waals surface area contributed by atoms with E-state index in [0.29, 0.717) is 5.75 Å². The SMILES string of the molecule is COc1ccc(OC)c(S(=O)(=O)Oc2ccc([N+](=O)[O-])cc2)c1. The fourth-order valence-electron chi connectivity index (χ4n) is 1.77. The molecule has 2 aromatic carbocycles. The molecular formula is C14H13NO7S. The monoisotopic (exact) mass is 339 g/mol. The van der Waals surface area contributed by atoms with Crippen molar-refractivity contribution in [2.24, 2.45) is 0 Å². The minimum atomic E-state index is -4.20. The van der Waals surface area contributed by atoms with Crippen molar-refractivity contribution in [1.29, 1.82) is 0 Å². The van der Waals surface area contributed by atoms with Gasteiger partial charge in [0, 0.05) is 18.2 Å². The molecule has 0 bridgehead atoms. The zero-order valence-electron chi connectivity index (χ0n) is 12.3. The number of hydrogen-bond acceptors (Lipinski definition) is 7. The quantitative estimate of drug-likeness (QED) is 0.452. The second-order valence-corrected chi connectivity index (χ2v) is 5.82. The molecule has 0 amide bonds. The maximum atomic E-state index is 12.4. The summed E-state index contributed by atoms with van der Waals surface area (Å²) in [5, 5.41) is 10.6. The molecule has 0 heterocycles. The number of methoxy groups -OCH3 is 2. The third-order valence-corrected chi connectivity index (χ3v) is 4.16. The van der Waals surface area contributed by atoms with Crippen molar-refractivity contribution in [3.8, 4) is 17.2 Å². The Morgan fingerprint density at radius 2 is 1.57 bits per heavy atom. The van der Waals surface area contributed by atoms with Crippen LogP contribution in [0, 0.1) is 10.1 Å². The molecule has 0 saturated heterocycles. The van der Waals surface area contributed by atoms with Gasteiger partial charge in [-0.15, -0.1) is 0 Å². The van der Waals surface area contributed by atoms with Gasteiger partial charge in [-0.2, -0.15) is 8.42 Å². The minimum Gasteiger partial charge on any atom is -0.497 e. The highest BCUT2D eigenvalue weighted by molar-refractivity contribution is 7.87. The van der Waals surface area contributed by atoms with Gasteiger partial charge in [-0.3, -0.25) is 10.1 Å². The predicted molar refractivity (Wildman–Crippen MR) is 80.5 cm³/mol. The second kappa shape index (κ2) is 6.53. The molecule has 0 radical (unpaired) electrons. The van der Waals surface area contributed by atoms with Crippen molar-refractivity contribution in [2.45, 2.75) is 4.90 Å². The lowest BCUT2D eigenvalue weighted by molar-refractivity contribution is -0.384. The van der Waals surface area contributed by atoms with Gasteiger partial charge in [0.1, 0.15) is 17.2 Å². The molecule has 0 unspecified atom stereocenters.